The highest BCUT2D eigenvalue weighted by atomic mass is 32.2. The summed E-state index contributed by atoms with van der Waals surface area (Å²) in [5, 5.41) is 12.9. The number of rotatable bonds is 6. The Kier molecular flexibility index (Phi) is 6.13. The maximum atomic E-state index is 13.1. The lowest BCUT2D eigenvalue weighted by atomic mass is 10.1. The number of hydrogen-bond donors (Lipinski definition) is 2. The van der Waals surface area contributed by atoms with Crippen molar-refractivity contribution in [1.29, 1.82) is 0 Å². The van der Waals surface area contributed by atoms with Crippen LogP contribution in [0.4, 0.5) is 5.82 Å². The summed E-state index contributed by atoms with van der Waals surface area (Å²) in [7, 11) is -3.93. The van der Waals surface area contributed by atoms with Gasteiger partial charge in [-0.1, -0.05) is 60.7 Å². The lowest BCUT2D eigenvalue weighted by Gasteiger charge is -2.11. The van der Waals surface area contributed by atoms with Crippen LogP contribution in [0, 0.1) is 13.8 Å². The van der Waals surface area contributed by atoms with Crippen LogP contribution in [-0.2, 0) is 16.6 Å². The number of benzene rings is 3. The van der Waals surface area contributed by atoms with E-state index in [2.05, 4.69) is 5.32 Å². The Hall–Kier alpha value is -3.75. The van der Waals surface area contributed by atoms with Crippen LogP contribution in [-0.4, -0.2) is 24.1 Å². The first-order valence-electron chi connectivity index (χ1n) is 10.3. The fraction of sp³-hybridized carbons (Fsp3) is 0.120. The molecular weight excluding hydrogens is 436 g/mol. The number of nitrogens with one attached hydrogen (secondary N) is 1. The van der Waals surface area contributed by atoms with Crippen LogP contribution >= 0.6 is 0 Å². The molecule has 7 nitrogen and oxygen atoms in total. The molecule has 4 rings (SSSR count). The summed E-state index contributed by atoms with van der Waals surface area (Å²) in [6.07, 6.45) is 0. The molecule has 0 saturated heterocycles. The number of primary sulfonamides is 1. The molecule has 0 bridgehead atoms. The Morgan fingerprint density at radius 3 is 2.33 bits per heavy atom. The molecule has 168 valence electrons. The summed E-state index contributed by atoms with van der Waals surface area (Å²) in [4.78, 5) is 13.0. The van der Waals surface area contributed by atoms with E-state index < -0.39 is 15.9 Å². The zero-order valence-corrected chi connectivity index (χ0v) is 19.1. The molecule has 1 aromatic heterocycles. The number of nitrogens with two attached hydrogens (primary N) is 1. The zero-order valence-electron chi connectivity index (χ0n) is 18.3. The van der Waals surface area contributed by atoms with Gasteiger partial charge in [-0.3, -0.25) is 4.79 Å². The van der Waals surface area contributed by atoms with Gasteiger partial charge in [-0.15, -0.1) is 0 Å². The van der Waals surface area contributed by atoms with Crippen molar-refractivity contribution in [3.8, 4) is 11.3 Å². The number of aryl methyl sites for hydroxylation is 2. The van der Waals surface area contributed by atoms with Crippen LogP contribution in [0.15, 0.2) is 83.8 Å². The Balaban J connectivity index is 1.73. The third kappa shape index (κ3) is 5.02. The first-order valence-corrected chi connectivity index (χ1v) is 11.9. The fourth-order valence-corrected chi connectivity index (χ4v) is 4.13. The van der Waals surface area contributed by atoms with Crippen LogP contribution < -0.4 is 10.5 Å². The second kappa shape index (κ2) is 9.01. The first kappa shape index (κ1) is 22.4. The summed E-state index contributed by atoms with van der Waals surface area (Å²) in [6.45, 7) is 4.20. The zero-order chi connectivity index (χ0) is 23.6. The number of nitrogens with zero attached hydrogens (tertiary/aromatic N) is 2. The fourth-order valence-electron chi connectivity index (χ4n) is 3.59. The minimum absolute atomic E-state index is 0.114. The number of anilines is 1. The minimum Gasteiger partial charge on any atom is -0.307 e. The van der Waals surface area contributed by atoms with E-state index in [1.807, 2.05) is 67.6 Å². The largest absolute Gasteiger partial charge is 0.307 e. The van der Waals surface area contributed by atoms with E-state index in [4.69, 9.17) is 10.2 Å². The first-order chi connectivity index (χ1) is 15.7. The molecule has 0 aliphatic heterocycles. The number of aromatic nitrogens is 2. The Morgan fingerprint density at radius 2 is 1.64 bits per heavy atom. The Bertz CT molecular complexity index is 1430. The van der Waals surface area contributed by atoms with Gasteiger partial charge in [0, 0.05) is 17.2 Å². The predicted octanol–water partition coefficient (Wildman–Crippen LogP) is 4.11. The average molecular weight is 461 g/mol. The Morgan fingerprint density at radius 1 is 0.939 bits per heavy atom. The van der Waals surface area contributed by atoms with E-state index >= 15 is 0 Å². The third-order valence-corrected chi connectivity index (χ3v) is 6.31. The molecule has 0 aliphatic rings. The van der Waals surface area contributed by atoms with Gasteiger partial charge in [0.2, 0.25) is 10.0 Å². The predicted molar refractivity (Wildman–Crippen MR) is 128 cm³/mol. The molecule has 0 atom stereocenters. The molecule has 33 heavy (non-hydrogen) atoms. The second-order valence-electron chi connectivity index (χ2n) is 7.85. The Labute approximate surface area is 192 Å². The van der Waals surface area contributed by atoms with Crippen LogP contribution in [0.3, 0.4) is 0 Å². The van der Waals surface area contributed by atoms with Gasteiger partial charge in [-0.2, -0.15) is 5.10 Å². The minimum atomic E-state index is -3.93. The maximum Gasteiger partial charge on any atom is 0.257 e. The van der Waals surface area contributed by atoms with Crippen molar-refractivity contribution in [3.63, 3.8) is 0 Å². The summed E-state index contributed by atoms with van der Waals surface area (Å²) in [5.74, 6) is 0.0612. The van der Waals surface area contributed by atoms with Gasteiger partial charge in [0.1, 0.15) is 5.82 Å². The number of carbonyl (C=O) groups excluding carboxylic acids is 1. The molecular formula is C25H24N4O3S. The summed E-state index contributed by atoms with van der Waals surface area (Å²) >= 11 is 0. The molecule has 3 N–H and O–H groups in total. The van der Waals surface area contributed by atoms with Crippen molar-refractivity contribution in [2.45, 2.75) is 25.3 Å². The van der Waals surface area contributed by atoms with Gasteiger partial charge in [-0.25, -0.2) is 18.2 Å². The van der Waals surface area contributed by atoms with Gasteiger partial charge in [0.25, 0.3) is 5.91 Å². The summed E-state index contributed by atoms with van der Waals surface area (Å²) < 4.78 is 25.2. The highest BCUT2D eigenvalue weighted by Gasteiger charge is 2.18. The van der Waals surface area contributed by atoms with Crippen LogP contribution in [0.2, 0.25) is 0 Å². The van der Waals surface area contributed by atoms with Gasteiger partial charge < -0.3 is 5.32 Å². The van der Waals surface area contributed by atoms with Crippen molar-refractivity contribution in [2.24, 2.45) is 5.14 Å². The number of carbonyl (C=O) groups is 1. The highest BCUT2D eigenvalue weighted by Crippen LogP contribution is 2.26. The molecule has 3 aromatic carbocycles. The molecule has 0 radical (unpaired) electrons. The quantitative estimate of drug-likeness (QED) is 0.451. The van der Waals surface area contributed by atoms with Crippen molar-refractivity contribution in [2.75, 3.05) is 5.32 Å². The highest BCUT2D eigenvalue weighted by molar-refractivity contribution is 7.89. The molecule has 0 saturated carbocycles. The van der Waals surface area contributed by atoms with E-state index in [0.29, 0.717) is 17.9 Å². The number of amides is 1. The molecule has 0 aliphatic carbocycles. The van der Waals surface area contributed by atoms with Crippen molar-refractivity contribution < 1.29 is 13.2 Å². The molecule has 0 fully saturated rings. The topological polar surface area (TPSA) is 107 Å². The molecule has 0 unspecified atom stereocenters. The van der Waals surface area contributed by atoms with Gasteiger partial charge in [-0.05, 0) is 42.7 Å². The van der Waals surface area contributed by atoms with Crippen LogP contribution in [0.25, 0.3) is 11.3 Å². The van der Waals surface area contributed by atoms with E-state index in [9.17, 15) is 13.2 Å². The molecule has 1 amide bonds. The number of hydrogen-bond acceptors (Lipinski definition) is 4. The smallest absolute Gasteiger partial charge is 0.257 e. The van der Waals surface area contributed by atoms with E-state index in [1.54, 1.807) is 17.7 Å². The van der Waals surface area contributed by atoms with E-state index in [1.165, 1.54) is 12.1 Å². The van der Waals surface area contributed by atoms with Crippen molar-refractivity contribution in [1.82, 2.24) is 9.78 Å². The standard InChI is InChI=1S/C25H24N4O3S/c1-17-8-6-7-11-21(17)23-15-24(29(28-23)16-19-9-4-3-5-10-19)27-25(30)22-14-20(33(26,31)32)13-12-18(22)2/h3-15H,16H2,1-2H3,(H,27,30)(H2,26,31,32). The normalized spacial score (nSPS) is 11.4. The molecule has 0 spiro atoms. The van der Waals surface area contributed by atoms with Crippen LogP contribution in [0.5, 0.6) is 0 Å². The van der Waals surface area contributed by atoms with Crippen molar-refractivity contribution in [3.05, 3.63) is 101 Å². The SMILES string of the molecule is Cc1ccc(S(N)(=O)=O)cc1C(=O)Nc1cc(-c2ccccc2C)nn1Cc1ccccc1. The van der Waals surface area contributed by atoms with E-state index in [-0.39, 0.29) is 10.5 Å². The second-order valence-corrected chi connectivity index (χ2v) is 9.41. The van der Waals surface area contributed by atoms with Crippen molar-refractivity contribution >= 4 is 21.7 Å². The molecule has 4 aromatic rings. The molecule has 8 heteroatoms. The lowest BCUT2D eigenvalue weighted by Crippen LogP contribution is -2.19. The lowest BCUT2D eigenvalue weighted by molar-refractivity contribution is 0.102. The van der Waals surface area contributed by atoms with E-state index in [0.717, 1.165) is 22.4 Å². The number of sulfonamides is 1. The summed E-state index contributed by atoms with van der Waals surface area (Å²) in [6, 6.07) is 23.8. The average Bonchev–Trinajstić information content (AvgIpc) is 3.16. The van der Waals surface area contributed by atoms with Gasteiger partial charge >= 0.3 is 0 Å². The third-order valence-electron chi connectivity index (χ3n) is 5.40. The summed E-state index contributed by atoms with van der Waals surface area (Å²) in [5.41, 5.74) is 4.65. The molecule has 1 heterocycles. The van der Waals surface area contributed by atoms with Gasteiger partial charge in [0.15, 0.2) is 0 Å². The maximum absolute atomic E-state index is 13.1. The van der Waals surface area contributed by atoms with Crippen LogP contribution in [0.1, 0.15) is 27.0 Å². The monoisotopic (exact) mass is 460 g/mol. The van der Waals surface area contributed by atoms with Gasteiger partial charge in [0.05, 0.1) is 17.1 Å².